The Kier molecular flexibility index (Phi) is 4.37. The van der Waals surface area contributed by atoms with Crippen molar-refractivity contribution in [2.45, 2.75) is 32.9 Å². The van der Waals surface area contributed by atoms with Crippen molar-refractivity contribution in [1.82, 2.24) is 15.2 Å². The van der Waals surface area contributed by atoms with Crippen LogP contribution in [0.2, 0.25) is 0 Å². The predicted octanol–water partition coefficient (Wildman–Crippen LogP) is 3.57. The number of fused-ring (bicyclic) bond motifs is 1. The van der Waals surface area contributed by atoms with E-state index in [-0.39, 0.29) is 6.04 Å². The fourth-order valence-electron chi connectivity index (χ4n) is 1.76. The van der Waals surface area contributed by atoms with Gasteiger partial charge >= 0.3 is 0 Å². The Balaban J connectivity index is 2.18. The van der Waals surface area contributed by atoms with Crippen molar-refractivity contribution in [3.63, 3.8) is 0 Å². The van der Waals surface area contributed by atoms with Crippen LogP contribution in [0.3, 0.4) is 0 Å². The Morgan fingerprint density at radius 1 is 1.32 bits per heavy atom. The summed E-state index contributed by atoms with van der Waals surface area (Å²) >= 11 is 7.13. The zero-order valence-electron chi connectivity index (χ0n) is 11.7. The van der Waals surface area contributed by atoms with Gasteiger partial charge in [0.25, 0.3) is 0 Å². The first kappa shape index (κ1) is 14.2. The Morgan fingerprint density at radius 2 is 2.00 bits per heavy atom. The van der Waals surface area contributed by atoms with E-state index in [0.29, 0.717) is 6.04 Å². The largest absolute Gasteiger partial charge is 0.360 e. The molecule has 0 saturated heterocycles. The number of nitrogens with one attached hydrogen (secondary N) is 1. The number of rotatable bonds is 3. The fourth-order valence-corrected chi connectivity index (χ4v) is 3.22. The van der Waals surface area contributed by atoms with Crippen molar-refractivity contribution in [3.05, 3.63) is 29.3 Å². The number of nitrogens with zero attached hydrogens (tertiary/aromatic N) is 2. The van der Waals surface area contributed by atoms with Crippen molar-refractivity contribution in [2.24, 2.45) is 0 Å². The van der Waals surface area contributed by atoms with Crippen LogP contribution in [0.4, 0.5) is 0 Å². The van der Waals surface area contributed by atoms with Gasteiger partial charge < -0.3 is 10.2 Å². The molecule has 102 valence electrons. The molecule has 0 saturated carbocycles. The van der Waals surface area contributed by atoms with Crippen LogP contribution < -0.4 is 5.32 Å². The summed E-state index contributed by atoms with van der Waals surface area (Å²) in [4.78, 5) is 6.75. The zero-order chi connectivity index (χ0) is 14.0. The van der Waals surface area contributed by atoms with Crippen molar-refractivity contribution in [3.8, 4) is 0 Å². The molecule has 5 heteroatoms. The first-order valence-corrected chi connectivity index (χ1v) is 7.60. The highest BCUT2D eigenvalue weighted by molar-refractivity contribution is 7.80. The molecule has 2 rings (SSSR count). The molecule has 3 nitrogen and oxygen atoms in total. The van der Waals surface area contributed by atoms with Crippen LogP contribution in [-0.2, 0) is 0 Å². The summed E-state index contributed by atoms with van der Waals surface area (Å²) in [6.45, 7) is 6.30. The van der Waals surface area contributed by atoms with E-state index in [1.807, 2.05) is 25.2 Å². The van der Waals surface area contributed by atoms with E-state index in [1.54, 1.807) is 11.3 Å². The molecule has 0 aliphatic heterocycles. The molecule has 0 spiro atoms. The maximum Gasteiger partial charge on any atom is 0.169 e. The van der Waals surface area contributed by atoms with Crippen LogP contribution in [0.25, 0.3) is 10.2 Å². The second-order valence-electron chi connectivity index (χ2n) is 4.91. The van der Waals surface area contributed by atoms with Gasteiger partial charge in [0.1, 0.15) is 5.01 Å². The minimum absolute atomic E-state index is 0.177. The molecule has 0 amide bonds. The van der Waals surface area contributed by atoms with Gasteiger partial charge in [-0.2, -0.15) is 0 Å². The van der Waals surface area contributed by atoms with Gasteiger partial charge in [-0.1, -0.05) is 12.1 Å². The standard InChI is InChI=1S/C14H19N3S2/c1-9(2)15-14(18)17(4)10(3)13-16-11-7-5-6-8-12(11)19-13/h5-10H,1-4H3,(H,15,18)/t10-/m0/s1. The van der Waals surface area contributed by atoms with Crippen molar-refractivity contribution in [1.29, 1.82) is 0 Å². The summed E-state index contributed by atoms with van der Waals surface area (Å²) in [7, 11) is 2.01. The molecule has 0 bridgehead atoms. The van der Waals surface area contributed by atoms with Crippen LogP contribution in [-0.4, -0.2) is 28.1 Å². The van der Waals surface area contributed by atoms with E-state index in [1.165, 1.54) is 4.70 Å². The number of thiocarbonyl (C=S) groups is 1. The smallest absolute Gasteiger partial charge is 0.169 e. The monoisotopic (exact) mass is 293 g/mol. The molecule has 0 radical (unpaired) electrons. The first-order chi connectivity index (χ1) is 8.99. The summed E-state index contributed by atoms with van der Waals surface area (Å²) in [5.74, 6) is 0. The Morgan fingerprint density at radius 3 is 2.63 bits per heavy atom. The van der Waals surface area contributed by atoms with E-state index >= 15 is 0 Å². The van der Waals surface area contributed by atoms with Crippen molar-refractivity contribution < 1.29 is 0 Å². The molecule has 2 aromatic rings. The lowest BCUT2D eigenvalue weighted by Gasteiger charge is -2.27. The van der Waals surface area contributed by atoms with Crippen LogP contribution in [0, 0.1) is 0 Å². The molecule has 1 aromatic carbocycles. The molecule has 1 N–H and O–H groups in total. The normalized spacial score (nSPS) is 12.7. The lowest BCUT2D eigenvalue weighted by Crippen LogP contribution is -2.41. The third-order valence-corrected chi connectivity index (χ3v) is 4.59. The predicted molar refractivity (Wildman–Crippen MR) is 86.7 cm³/mol. The van der Waals surface area contributed by atoms with Gasteiger partial charge in [-0.15, -0.1) is 11.3 Å². The van der Waals surface area contributed by atoms with Gasteiger partial charge in [-0.05, 0) is 45.1 Å². The maximum absolute atomic E-state index is 5.40. The van der Waals surface area contributed by atoms with E-state index in [0.717, 1.165) is 15.6 Å². The third kappa shape index (κ3) is 3.22. The molecule has 1 atom stereocenters. The second kappa shape index (κ2) is 5.84. The summed E-state index contributed by atoms with van der Waals surface area (Å²) in [6, 6.07) is 8.74. The van der Waals surface area contributed by atoms with E-state index < -0.39 is 0 Å². The molecular weight excluding hydrogens is 274 g/mol. The van der Waals surface area contributed by atoms with Gasteiger partial charge in [0.2, 0.25) is 0 Å². The molecule has 19 heavy (non-hydrogen) atoms. The van der Waals surface area contributed by atoms with Gasteiger partial charge in [-0.3, -0.25) is 0 Å². The van der Waals surface area contributed by atoms with Crippen molar-refractivity contribution in [2.75, 3.05) is 7.05 Å². The molecule has 0 aliphatic carbocycles. The SMILES string of the molecule is CC(C)NC(=S)N(C)[C@@H](C)c1nc2ccccc2s1. The third-order valence-electron chi connectivity index (χ3n) is 2.98. The summed E-state index contributed by atoms with van der Waals surface area (Å²) in [5.41, 5.74) is 1.06. The highest BCUT2D eigenvalue weighted by Gasteiger charge is 2.18. The molecule has 1 aromatic heterocycles. The molecule has 1 heterocycles. The van der Waals surface area contributed by atoms with Gasteiger partial charge in [0.15, 0.2) is 5.11 Å². The first-order valence-electron chi connectivity index (χ1n) is 6.38. The van der Waals surface area contributed by atoms with Crippen LogP contribution in [0.15, 0.2) is 24.3 Å². The minimum atomic E-state index is 0.177. The number of aromatic nitrogens is 1. The minimum Gasteiger partial charge on any atom is -0.360 e. The van der Waals surface area contributed by atoms with Crippen LogP contribution in [0.5, 0.6) is 0 Å². The Hall–Kier alpha value is -1.20. The number of hydrogen-bond acceptors (Lipinski definition) is 3. The summed E-state index contributed by atoms with van der Waals surface area (Å²) in [6.07, 6.45) is 0. The van der Waals surface area contributed by atoms with E-state index in [4.69, 9.17) is 12.2 Å². The highest BCUT2D eigenvalue weighted by Crippen LogP contribution is 2.28. The number of hydrogen-bond donors (Lipinski definition) is 1. The Bertz CT molecular complexity index is 544. The Labute approximate surface area is 123 Å². The lowest BCUT2D eigenvalue weighted by molar-refractivity contribution is 0.391. The average molecular weight is 293 g/mol. The lowest BCUT2D eigenvalue weighted by atomic mass is 10.3. The molecule has 0 fully saturated rings. The topological polar surface area (TPSA) is 28.2 Å². The van der Waals surface area contributed by atoms with Crippen LogP contribution in [0.1, 0.15) is 31.8 Å². The maximum atomic E-state index is 5.40. The summed E-state index contributed by atoms with van der Waals surface area (Å²) < 4.78 is 1.22. The van der Waals surface area contributed by atoms with Crippen LogP contribution >= 0.6 is 23.6 Å². The highest BCUT2D eigenvalue weighted by atomic mass is 32.1. The summed E-state index contributed by atoms with van der Waals surface area (Å²) in [5, 5.41) is 5.12. The quantitative estimate of drug-likeness (QED) is 0.876. The zero-order valence-corrected chi connectivity index (χ0v) is 13.3. The van der Waals surface area contributed by atoms with E-state index in [9.17, 15) is 0 Å². The van der Waals surface area contributed by atoms with Gasteiger partial charge in [0, 0.05) is 13.1 Å². The number of para-hydroxylation sites is 1. The fraction of sp³-hybridized carbons (Fsp3) is 0.429. The average Bonchev–Trinajstić information content (AvgIpc) is 2.79. The van der Waals surface area contributed by atoms with Gasteiger partial charge in [0.05, 0.1) is 16.3 Å². The number of benzene rings is 1. The van der Waals surface area contributed by atoms with Gasteiger partial charge in [-0.25, -0.2) is 4.98 Å². The molecule has 0 unspecified atom stereocenters. The second-order valence-corrected chi connectivity index (χ2v) is 6.36. The molecular formula is C14H19N3S2. The van der Waals surface area contributed by atoms with E-state index in [2.05, 4.69) is 42.0 Å². The van der Waals surface area contributed by atoms with Crippen molar-refractivity contribution >= 4 is 38.9 Å². The molecule has 0 aliphatic rings. The number of thiazole rings is 1.